The van der Waals surface area contributed by atoms with Crippen molar-refractivity contribution in [2.75, 3.05) is 32.1 Å². The Morgan fingerprint density at radius 1 is 0.864 bits per heavy atom. The van der Waals surface area contributed by atoms with E-state index < -0.39 is 0 Å². The molecule has 3 aromatic rings. The smallest absolute Gasteiger partial charge is 0.322 e. The molecule has 0 heterocycles. The monoisotopic (exact) mass is 598 g/mol. The Labute approximate surface area is 266 Å². The summed E-state index contributed by atoms with van der Waals surface area (Å²) in [5.74, 6) is 1.78. The Bertz CT molecular complexity index is 1360. The van der Waals surface area contributed by atoms with Crippen molar-refractivity contribution >= 4 is 17.8 Å². The van der Waals surface area contributed by atoms with Gasteiger partial charge in [0.1, 0.15) is 11.5 Å². The highest BCUT2D eigenvalue weighted by atomic mass is 16.5. The molecule has 238 valence electrons. The lowest BCUT2D eigenvalue weighted by molar-refractivity contribution is 0.213. The second-order valence-electron chi connectivity index (χ2n) is 12.8. The van der Waals surface area contributed by atoms with E-state index in [2.05, 4.69) is 84.1 Å². The molecule has 3 aromatic carbocycles. The van der Waals surface area contributed by atoms with Crippen LogP contribution in [0.2, 0.25) is 0 Å². The first-order chi connectivity index (χ1) is 21.0. The van der Waals surface area contributed by atoms with E-state index in [-0.39, 0.29) is 16.9 Å². The molecule has 0 aromatic heterocycles. The molecular formula is C39H54N2O3. The Balaban J connectivity index is 1.67. The highest BCUT2D eigenvalue weighted by molar-refractivity contribution is 5.89. The van der Waals surface area contributed by atoms with Crippen molar-refractivity contribution in [1.82, 2.24) is 4.90 Å². The van der Waals surface area contributed by atoms with Crippen molar-refractivity contribution in [1.29, 1.82) is 0 Å². The second kappa shape index (κ2) is 16.4. The summed E-state index contributed by atoms with van der Waals surface area (Å²) >= 11 is 0. The van der Waals surface area contributed by atoms with Gasteiger partial charge in [0, 0.05) is 29.9 Å². The highest BCUT2D eigenvalue weighted by Gasteiger charge is 2.26. The van der Waals surface area contributed by atoms with Gasteiger partial charge in [0.15, 0.2) is 0 Å². The first-order valence-corrected chi connectivity index (χ1v) is 16.3. The van der Waals surface area contributed by atoms with Crippen LogP contribution in [-0.4, -0.2) is 37.7 Å². The summed E-state index contributed by atoms with van der Waals surface area (Å²) in [6, 6.07) is 22.6. The number of methoxy groups -OCH3 is 1. The molecule has 44 heavy (non-hydrogen) atoms. The van der Waals surface area contributed by atoms with Gasteiger partial charge in [-0.3, -0.25) is 0 Å². The van der Waals surface area contributed by atoms with Gasteiger partial charge in [-0.2, -0.15) is 0 Å². The fourth-order valence-corrected chi connectivity index (χ4v) is 5.00. The average Bonchev–Trinajstić information content (AvgIpc) is 3.04. The van der Waals surface area contributed by atoms with Gasteiger partial charge < -0.3 is 19.7 Å². The molecule has 0 bridgehead atoms. The minimum Gasteiger partial charge on any atom is -0.496 e. The van der Waals surface area contributed by atoms with Crippen LogP contribution in [0.1, 0.15) is 96.4 Å². The third-order valence-electron chi connectivity index (χ3n) is 9.00. The number of unbranched alkanes of at least 4 members (excludes halogenated alkanes) is 1. The van der Waals surface area contributed by atoms with Crippen LogP contribution in [0.5, 0.6) is 11.5 Å². The van der Waals surface area contributed by atoms with Gasteiger partial charge in [-0.05, 0) is 78.3 Å². The number of amides is 2. The number of hydrogen-bond acceptors (Lipinski definition) is 3. The fourth-order valence-electron chi connectivity index (χ4n) is 5.00. The van der Waals surface area contributed by atoms with Crippen molar-refractivity contribution in [3.05, 3.63) is 95.1 Å². The number of anilines is 1. The number of hydrogen-bond donors (Lipinski definition) is 1. The zero-order chi connectivity index (χ0) is 32.2. The minimum atomic E-state index is -0.110. The zero-order valence-electron chi connectivity index (χ0n) is 28.3. The first-order valence-electron chi connectivity index (χ1n) is 16.3. The maximum absolute atomic E-state index is 13.4. The zero-order valence-corrected chi connectivity index (χ0v) is 28.3. The molecule has 2 amide bonds. The number of nitrogens with one attached hydrogen (secondary N) is 1. The Hall–Kier alpha value is -3.73. The van der Waals surface area contributed by atoms with E-state index in [4.69, 9.17) is 9.47 Å². The van der Waals surface area contributed by atoms with Crippen LogP contribution in [0.15, 0.2) is 72.8 Å². The number of benzene rings is 3. The Kier molecular flexibility index (Phi) is 12.9. The topological polar surface area (TPSA) is 50.8 Å². The Morgan fingerprint density at radius 2 is 1.57 bits per heavy atom. The lowest BCUT2D eigenvalue weighted by Gasteiger charge is -2.30. The van der Waals surface area contributed by atoms with E-state index in [1.807, 2.05) is 53.5 Å². The maximum atomic E-state index is 13.4. The minimum absolute atomic E-state index is 0.0210. The third-order valence-corrected chi connectivity index (χ3v) is 9.00. The van der Waals surface area contributed by atoms with Gasteiger partial charge in [-0.25, -0.2) is 4.79 Å². The molecule has 5 nitrogen and oxygen atoms in total. The lowest BCUT2D eigenvalue weighted by atomic mass is 9.76. The van der Waals surface area contributed by atoms with Crippen LogP contribution < -0.4 is 14.8 Å². The van der Waals surface area contributed by atoms with E-state index in [0.29, 0.717) is 19.7 Å². The number of nitrogens with zero attached hydrogens (tertiary/aromatic N) is 1. The van der Waals surface area contributed by atoms with Crippen LogP contribution in [0.25, 0.3) is 6.08 Å². The SMILES string of the molecule is CCc1ccc(NC(=O)N(C/C=C/c2ccccc2OC)CCCCOc2ccc(C(C)(C)CC)cc2C(C)(C)CC)cc1. The van der Waals surface area contributed by atoms with E-state index >= 15 is 0 Å². The normalized spacial score (nSPS) is 11.9. The molecule has 0 unspecified atom stereocenters. The van der Waals surface area contributed by atoms with Crippen LogP contribution in [0, 0.1) is 0 Å². The molecule has 0 spiro atoms. The predicted octanol–water partition coefficient (Wildman–Crippen LogP) is 10.0. The molecule has 1 N–H and O–H groups in total. The van der Waals surface area contributed by atoms with E-state index in [1.165, 1.54) is 16.7 Å². The molecule has 5 heteroatoms. The summed E-state index contributed by atoms with van der Waals surface area (Å²) < 4.78 is 11.9. The molecular weight excluding hydrogens is 544 g/mol. The highest BCUT2D eigenvalue weighted by Crippen LogP contribution is 2.38. The number of carbonyl (C=O) groups is 1. The van der Waals surface area contributed by atoms with Gasteiger partial charge >= 0.3 is 6.03 Å². The van der Waals surface area contributed by atoms with Crippen LogP contribution in [-0.2, 0) is 17.3 Å². The summed E-state index contributed by atoms with van der Waals surface area (Å²) in [6.07, 6.45) is 8.80. The van der Waals surface area contributed by atoms with Gasteiger partial charge in [-0.15, -0.1) is 0 Å². The quantitative estimate of drug-likeness (QED) is 0.167. The third kappa shape index (κ3) is 9.64. The maximum Gasteiger partial charge on any atom is 0.322 e. The van der Waals surface area contributed by atoms with Crippen molar-refractivity contribution in [2.24, 2.45) is 0 Å². The molecule has 0 aliphatic rings. The van der Waals surface area contributed by atoms with Gasteiger partial charge in [-0.1, -0.05) is 103 Å². The van der Waals surface area contributed by atoms with Crippen molar-refractivity contribution in [2.45, 2.75) is 91.4 Å². The van der Waals surface area contributed by atoms with Gasteiger partial charge in [0.05, 0.1) is 13.7 Å². The van der Waals surface area contributed by atoms with Crippen molar-refractivity contribution in [3.63, 3.8) is 0 Å². The van der Waals surface area contributed by atoms with Crippen molar-refractivity contribution in [3.8, 4) is 11.5 Å². The summed E-state index contributed by atoms with van der Waals surface area (Å²) in [5, 5.41) is 3.08. The molecule has 0 saturated carbocycles. The summed E-state index contributed by atoms with van der Waals surface area (Å²) in [7, 11) is 1.67. The molecule has 0 saturated heterocycles. The standard InChI is InChI=1S/C39H54N2O3/c1-9-30-20-23-33(24-21-30)40-37(42)41(27-16-18-31-17-12-13-19-35(31)43-8)26-14-15-28-44-36-25-22-32(38(4,5)10-2)29-34(36)39(6,7)11-3/h12-13,16-25,29H,9-11,14-15,26-28H2,1-8H3,(H,40,42)/b18-16+. The number of ether oxygens (including phenoxy) is 2. The van der Waals surface area contributed by atoms with E-state index in [1.54, 1.807) is 7.11 Å². The van der Waals surface area contributed by atoms with E-state index in [0.717, 1.165) is 54.9 Å². The van der Waals surface area contributed by atoms with Gasteiger partial charge in [0.2, 0.25) is 0 Å². The molecule has 3 rings (SSSR count). The predicted molar refractivity (Wildman–Crippen MR) is 186 cm³/mol. The average molecular weight is 599 g/mol. The van der Waals surface area contributed by atoms with Gasteiger partial charge in [0.25, 0.3) is 0 Å². The number of aryl methyl sites for hydroxylation is 1. The number of carbonyl (C=O) groups excluding carboxylic acids is 1. The number of rotatable bonds is 16. The second-order valence-corrected chi connectivity index (χ2v) is 12.8. The largest absolute Gasteiger partial charge is 0.496 e. The van der Waals surface area contributed by atoms with Crippen LogP contribution >= 0.6 is 0 Å². The molecule has 0 atom stereocenters. The molecule has 0 fully saturated rings. The van der Waals surface area contributed by atoms with Crippen LogP contribution in [0.4, 0.5) is 10.5 Å². The van der Waals surface area contributed by atoms with E-state index in [9.17, 15) is 4.79 Å². The Morgan fingerprint density at radius 3 is 2.23 bits per heavy atom. The number of urea groups is 1. The number of para-hydroxylation sites is 1. The summed E-state index contributed by atoms with van der Waals surface area (Å²) in [4.78, 5) is 15.2. The fraction of sp³-hybridized carbons (Fsp3) is 0.462. The molecule has 0 aliphatic heterocycles. The summed E-state index contributed by atoms with van der Waals surface area (Å²) in [5.41, 5.74) is 5.81. The first kappa shape index (κ1) is 34.8. The van der Waals surface area contributed by atoms with Crippen molar-refractivity contribution < 1.29 is 14.3 Å². The summed E-state index contributed by atoms with van der Waals surface area (Å²) in [6.45, 7) is 17.5. The molecule has 0 radical (unpaired) electrons. The van der Waals surface area contributed by atoms with Crippen LogP contribution in [0.3, 0.4) is 0 Å². The lowest BCUT2D eigenvalue weighted by Crippen LogP contribution is -2.36. The molecule has 0 aliphatic carbocycles.